The first-order valence-corrected chi connectivity index (χ1v) is 5.70. The molecule has 0 radical (unpaired) electrons. The second-order valence-electron chi connectivity index (χ2n) is 3.56. The molecular formula is C13H12Cl3N. The maximum Gasteiger partial charge on any atom is 0.0426 e. The number of nitrogens with two attached hydrogens (primary N) is 1. The van der Waals surface area contributed by atoms with Crippen LogP contribution < -0.4 is 5.73 Å². The van der Waals surface area contributed by atoms with E-state index in [1.807, 2.05) is 36.4 Å². The van der Waals surface area contributed by atoms with Gasteiger partial charge in [0.2, 0.25) is 0 Å². The summed E-state index contributed by atoms with van der Waals surface area (Å²) in [5, 5.41) is 1.29. The van der Waals surface area contributed by atoms with Crippen LogP contribution in [-0.2, 0) is 6.54 Å². The zero-order valence-electron chi connectivity index (χ0n) is 8.99. The highest BCUT2D eigenvalue weighted by molar-refractivity contribution is 6.35. The molecule has 0 fully saturated rings. The Morgan fingerprint density at radius 3 is 1.82 bits per heavy atom. The van der Waals surface area contributed by atoms with Gasteiger partial charge in [0.1, 0.15) is 0 Å². The van der Waals surface area contributed by atoms with E-state index in [1.54, 1.807) is 6.07 Å². The van der Waals surface area contributed by atoms with E-state index in [-0.39, 0.29) is 12.4 Å². The number of benzene rings is 2. The highest BCUT2D eigenvalue weighted by Gasteiger charge is 2.01. The van der Waals surface area contributed by atoms with Gasteiger partial charge < -0.3 is 5.73 Å². The van der Waals surface area contributed by atoms with Gasteiger partial charge in [-0.3, -0.25) is 0 Å². The van der Waals surface area contributed by atoms with E-state index < -0.39 is 0 Å². The summed E-state index contributed by atoms with van der Waals surface area (Å²) in [4.78, 5) is 0. The van der Waals surface area contributed by atoms with Crippen molar-refractivity contribution < 1.29 is 0 Å². The van der Waals surface area contributed by atoms with Crippen LogP contribution in [0.5, 0.6) is 0 Å². The van der Waals surface area contributed by atoms with Gasteiger partial charge in [-0.2, -0.15) is 0 Å². The van der Waals surface area contributed by atoms with E-state index in [2.05, 4.69) is 0 Å². The van der Waals surface area contributed by atoms with Crippen LogP contribution >= 0.6 is 35.6 Å². The molecule has 0 saturated heterocycles. The van der Waals surface area contributed by atoms with Crippen LogP contribution in [0, 0.1) is 0 Å². The van der Waals surface area contributed by atoms with Gasteiger partial charge in [-0.05, 0) is 34.9 Å². The van der Waals surface area contributed by atoms with Gasteiger partial charge in [0, 0.05) is 16.6 Å². The fourth-order valence-corrected chi connectivity index (χ4v) is 2.08. The molecule has 0 saturated carbocycles. The first-order valence-electron chi connectivity index (χ1n) is 4.94. The van der Waals surface area contributed by atoms with E-state index in [1.165, 1.54) is 0 Å². The molecule has 0 unspecified atom stereocenters. The third kappa shape index (κ3) is 3.62. The second kappa shape index (κ2) is 6.27. The SMILES string of the molecule is Cl.NCc1ccc(-c2cc(Cl)cc(Cl)c2)cc1. The van der Waals surface area contributed by atoms with Crippen molar-refractivity contribution in [3.63, 3.8) is 0 Å². The molecule has 2 rings (SSSR count). The Labute approximate surface area is 117 Å². The highest BCUT2D eigenvalue weighted by Crippen LogP contribution is 2.27. The molecule has 0 aliphatic rings. The molecule has 4 heteroatoms. The molecule has 2 aromatic rings. The fraction of sp³-hybridized carbons (Fsp3) is 0.0769. The predicted molar refractivity (Wildman–Crippen MR) is 77.0 cm³/mol. The molecule has 0 aliphatic carbocycles. The Morgan fingerprint density at radius 2 is 1.35 bits per heavy atom. The second-order valence-corrected chi connectivity index (χ2v) is 4.43. The minimum Gasteiger partial charge on any atom is -0.326 e. The quantitative estimate of drug-likeness (QED) is 0.862. The molecule has 90 valence electrons. The maximum atomic E-state index is 5.95. The number of hydrogen-bond acceptors (Lipinski definition) is 1. The number of halogens is 3. The fourth-order valence-electron chi connectivity index (χ4n) is 1.55. The van der Waals surface area contributed by atoms with Crippen LogP contribution in [0.4, 0.5) is 0 Å². The van der Waals surface area contributed by atoms with Crippen LogP contribution in [0.3, 0.4) is 0 Å². The van der Waals surface area contributed by atoms with Crippen molar-refractivity contribution in [2.24, 2.45) is 5.73 Å². The maximum absolute atomic E-state index is 5.95. The lowest BCUT2D eigenvalue weighted by atomic mass is 10.0. The monoisotopic (exact) mass is 287 g/mol. The van der Waals surface area contributed by atoms with Crippen molar-refractivity contribution >= 4 is 35.6 Å². The summed E-state index contributed by atoms with van der Waals surface area (Å²) < 4.78 is 0. The first-order chi connectivity index (χ1) is 7.69. The zero-order valence-corrected chi connectivity index (χ0v) is 11.3. The van der Waals surface area contributed by atoms with E-state index in [4.69, 9.17) is 28.9 Å². The van der Waals surface area contributed by atoms with Crippen molar-refractivity contribution in [1.29, 1.82) is 0 Å². The third-order valence-electron chi connectivity index (χ3n) is 2.39. The van der Waals surface area contributed by atoms with Gasteiger partial charge in [-0.15, -0.1) is 12.4 Å². The van der Waals surface area contributed by atoms with Crippen LogP contribution in [0.1, 0.15) is 5.56 Å². The van der Waals surface area contributed by atoms with E-state index in [9.17, 15) is 0 Å². The number of rotatable bonds is 2. The van der Waals surface area contributed by atoms with E-state index >= 15 is 0 Å². The molecule has 0 spiro atoms. The summed E-state index contributed by atoms with van der Waals surface area (Å²) in [6.45, 7) is 0.552. The smallest absolute Gasteiger partial charge is 0.0426 e. The van der Waals surface area contributed by atoms with Crippen LogP contribution in [0.15, 0.2) is 42.5 Å². The lowest BCUT2D eigenvalue weighted by molar-refractivity contribution is 1.07. The molecule has 2 N–H and O–H groups in total. The Kier molecular flexibility index (Phi) is 5.29. The molecule has 0 bridgehead atoms. The molecule has 0 amide bonds. The number of hydrogen-bond donors (Lipinski definition) is 1. The van der Waals surface area contributed by atoms with Crippen molar-refractivity contribution in [3.05, 3.63) is 58.1 Å². The standard InChI is InChI=1S/C13H11Cl2N.ClH/c14-12-5-11(6-13(15)7-12)10-3-1-9(8-16)2-4-10;/h1-7H,8,16H2;1H. The Morgan fingerprint density at radius 1 is 0.824 bits per heavy atom. The topological polar surface area (TPSA) is 26.0 Å². The van der Waals surface area contributed by atoms with Crippen LogP contribution in [0.25, 0.3) is 11.1 Å². The summed E-state index contributed by atoms with van der Waals surface area (Å²) in [5.41, 5.74) is 8.75. The van der Waals surface area contributed by atoms with Gasteiger partial charge >= 0.3 is 0 Å². The Bertz CT molecular complexity index is 474. The van der Waals surface area contributed by atoms with Crippen molar-refractivity contribution in [3.8, 4) is 11.1 Å². The van der Waals surface area contributed by atoms with E-state index in [0.29, 0.717) is 16.6 Å². The van der Waals surface area contributed by atoms with Gasteiger partial charge in [0.25, 0.3) is 0 Å². The average molecular weight is 289 g/mol. The normalized spacial score (nSPS) is 9.82. The average Bonchev–Trinajstić information content (AvgIpc) is 2.28. The minimum absolute atomic E-state index is 0. The van der Waals surface area contributed by atoms with E-state index in [0.717, 1.165) is 16.7 Å². The van der Waals surface area contributed by atoms with Gasteiger partial charge in [-0.25, -0.2) is 0 Å². The van der Waals surface area contributed by atoms with Gasteiger partial charge in [-0.1, -0.05) is 47.5 Å². The molecule has 17 heavy (non-hydrogen) atoms. The Hall–Kier alpha value is -0.730. The molecule has 0 aliphatic heterocycles. The van der Waals surface area contributed by atoms with Crippen LogP contribution in [-0.4, -0.2) is 0 Å². The van der Waals surface area contributed by atoms with Gasteiger partial charge in [0.15, 0.2) is 0 Å². The molecule has 0 aromatic heterocycles. The minimum atomic E-state index is 0. The molecular weight excluding hydrogens is 277 g/mol. The molecule has 0 atom stereocenters. The summed E-state index contributed by atoms with van der Waals surface area (Å²) in [6.07, 6.45) is 0. The molecule has 1 nitrogen and oxygen atoms in total. The lowest BCUT2D eigenvalue weighted by Crippen LogP contribution is -1.95. The zero-order chi connectivity index (χ0) is 11.5. The van der Waals surface area contributed by atoms with Crippen molar-refractivity contribution in [1.82, 2.24) is 0 Å². The summed E-state index contributed by atoms with van der Waals surface area (Å²) >= 11 is 11.9. The van der Waals surface area contributed by atoms with Crippen LogP contribution in [0.2, 0.25) is 10.0 Å². The van der Waals surface area contributed by atoms with Crippen molar-refractivity contribution in [2.75, 3.05) is 0 Å². The molecule has 2 aromatic carbocycles. The van der Waals surface area contributed by atoms with Gasteiger partial charge in [0.05, 0.1) is 0 Å². The van der Waals surface area contributed by atoms with Crippen molar-refractivity contribution in [2.45, 2.75) is 6.54 Å². The highest BCUT2D eigenvalue weighted by atomic mass is 35.5. The Balaban J connectivity index is 0.00000144. The lowest BCUT2D eigenvalue weighted by Gasteiger charge is -2.04. The first kappa shape index (κ1) is 14.3. The predicted octanol–water partition coefficient (Wildman–Crippen LogP) is 4.54. The third-order valence-corrected chi connectivity index (χ3v) is 2.82. The summed E-state index contributed by atoms with van der Waals surface area (Å²) in [5.74, 6) is 0. The largest absolute Gasteiger partial charge is 0.326 e. The summed E-state index contributed by atoms with van der Waals surface area (Å²) in [6, 6.07) is 13.6. The summed E-state index contributed by atoms with van der Waals surface area (Å²) in [7, 11) is 0. The molecule has 0 heterocycles.